The second kappa shape index (κ2) is 7.56. The number of fused-ring (bicyclic) bond motifs is 1. The summed E-state index contributed by atoms with van der Waals surface area (Å²) in [5.74, 6) is 0.658. The van der Waals surface area contributed by atoms with E-state index in [0.29, 0.717) is 17.3 Å². The molecule has 134 valence electrons. The van der Waals surface area contributed by atoms with Gasteiger partial charge in [-0.05, 0) is 38.4 Å². The SMILES string of the molecule is CN(C)CCNC1CCOc2cc(S(=O)(=O)c3ccccc3)ccc21. The zero-order chi connectivity index (χ0) is 17.9. The smallest absolute Gasteiger partial charge is 0.206 e. The van der Waals surface area contributed by atoms with E-state index in [-0.39, 0.29) is 10.9 Å². The summed E-state index contributed by atoms with van der Waals surface area (Å²) in [6, 6.07) is 13.9. The fourth-order valence-corrected chi connectivity index (χ4v) is 4.24. The second-order valence-electron chi connectivity index (χ2n) is 6.46. The number of nitrogens with zero attached hydrogens (tertiary/aromatic N) is 1. The van der Waals surface area contributed by atoms with Gasteiger partial charge >= 0.3 is 0 Å². The van der Waals surface area contributed by atoms with Crippen molar-refractivity contribution in [1.29, 1.82) is 0 Å². The molecule has 1 aliphatic heterocycles. The van der Waals surface area contributed by atoms with Crippen molar-refractivity contribution in [3.8, 4) is 5.75 Å². The van der Waals surface area contributed by atoms with Gasteiger partial charge in [-0.3, -0.25) is 0 Å². The Hall–Kier alpha value is -1.89. The molecule has 1 unspecified atom stereocenters. The van der Waals surface area contributed by atoms with E-state index in [2.05, 4.69) is 10.2 Å². The minimum absolute atomic E-state index is 0.192. The van der Waals surface area contributed by atoms with E-state index < -0.39 is 9.84 Å². The molecule has 2 aromatic carbocycles. The number of hydrogen-bond donors (Lipinski definition) is 1. The van der Waals surface area contributed by atoms with Gasteiger partial charge in [0.15, 0.2) is 0 Å². The molecule has 1 aliphatic rings. The highest BCUT2D eigenvalue weighted by Gasteiger charge is 2.25. The van der Waals surface area contributed by atoms with Crippen molar-refractivity contribution in [2.45, 2.75) is 22.3 Å². The number of likely N-dealkylation sites (N-methyl/N-ethyl adjacent to an activating group) is 1. The fourth-order valence-electron chi connectivity index (χ4n) is 2.95. The van der Waals surface area contributed by atoms with Gasteiger partial charge in [0.2, 0.25) is 9.84 Å². The van der Waals surface area contributed by atoms with Crippen LogP contribution in [0, 0.1) is 0 Å². The molecule has 1 N–H and O–H groups in total. The van der Waals surface area contributed by atoms with Crippen LogP contribution in [0.5, 0.6) is 5.75 Å². The molecule has 5 nitrogen and oxygen atoms in total. The van der Waals surface area contributed by atoms with Crippen LogP contribution < -0.4 is 10.1 Å². The average molecular weight is 360 g/mol. The van der Waals surface area contributed by atoms with Crippen molar-refractivity contribution in [3.05, 3.63) is 54.1 Å². The lowest BCUT2D eigenvalue weighted by Crippen LogP contribution is -2.32. The van der Waals surface area contributed by atoms with E-state index in [1.165, 1.54) is 0 Å². The topological polar surface area (TPSA) is 58.6 Å². The first-order chi connectivity index (χ1) is 12.0. The largest absolute Gasteiger partial charge is 0.493 e. The zero-order valence-electron chi connectivity index (χ0n) is 14.6. The van der Waals surface area contributed by atoms with E-state index in [1.54, 1.807) is 42.5 Å². The zero-order valence-corrected chi connectivity index (χ0v) is 15.4. The molecular formula is C19H24N2O3S. The van der Waals surface area contributed by atoms with Gasteiger partial charge in [-0.25, -0.2) is 8.42 Å². The number of rotatable bonds is 6. The summed E-state index contributed by atoms with van der Waals surface area (Å²) in [5, 5.41) is 3.53. The first-order valence-electron chi connectivity index (χ1n) is 8.43. The van der Waals surface area contributed by atoms with E-state index >= 15 is 0 Å². The van der Waals surface area contributed by atoms with Gasteiger partial charge in [-0.1, -0.05) is 24.3 Å². The van der Waals surface area contributed by atoms with E-state index in [4.69, 9.17) is 4.74 Å². The van der Waals surface area contributed by atoms with Gasteiger partial charge in [-0.2, -0.15) is 0 Å². The summed E-state index contributed by atoms with van der Waals surface area (Å²) in [6.07, 6.45) is 0.880. The number of ether oxygens (including phenoxy) is 1. The van der Waals surface area contributed by atoms with Crippen LogP contribution in [0.1, 0.15) is 18.0 Å². The normalized spacial score (nSPS) is 17.2. The van der Waals surface area contributed by atoms with Crippen LogP contribution in [0.2, 0.25) is 0 Å². The van der Waals surface area contributed by atoms with Crippen LogP contribution in [0.4, 0.5) is 0 Å². The van der Waals surface area contributed by atoms with Crippen LogP contribution in [0.15, 0.2) is 58.3 Å². The molecule has 0 amide bonds. The summed E-state index contributed by atoms with van der Waals surface area (Å²) in [7, 11) is 0.559. The molecule has 3 rings (SSSR count). The van der Waals surface area contributed by atoms with Crippen LogP contribution in [0.25, 0.3) is 0 Å². The third kappa shape index (κ3) is 4.03. The molecule has 0 saturated carbocycles. The Balaban J connectivity index is 1.85. The standard InChI is InChI=1S/C19H24N2O3S/c1-21(2)12-11-20-18-10-13-24-19-14-16(8-9-17(18)19)25(22,23)15-6-4-3-5-7-15/h3-9,14,18,20H,10-13H2,1-2H3. The number of hydrogen-bond acceptors (Lipinski definition) is 5. The molecule has 25 heavy (non-hydrogen) atoms. The molecule has 0 radical (unpaired) electrons. The average Bonchev–Trinajstić information content (AvgIpc) is 2.62. The minimum Gasteiger partial charge on any atom is -0.493 e. The highest BCUT2D eigenvalue weighted by molar-refractivity contribution is 7.91. The summed E-state index contributed by atoms with van der Waals surface area (Å²) in [5.41, 5.74) is 1.03. The van der Waals surface area contributed by atoms with Crippen molar-refractivity contribution in [1.82, 2.24) is 10.2 Å². The summed E-state index contributed by atoms with van der Waals surface area (Å²) in [6.45, 7) is 2.41. The molecule has 6 heteroatoms. The molecule has 0 aliphatic carbocycles. The molecular weight excluding hydrogens is 336 g/mol. The predicted octanol–water partition coefficient (Wildman–Crippen LogP) is 2.49. The van der Waals surface area contributed by atoms with Crippen molar-refractivity contribution >= 4 is 9.84 Å². The van der Waals surface area contributed by atoms with Gasteiger partial charge in [0, 0.05) is 31.1 Å². The summed E-state index contributed by atoms with van der Waals surface area (Å²) in [4.78, 5) is 2.70. The van der Waals surface area contributed by atoms with Crippen LogP contribution in [0.3, 0.4) is 0 Å². The Morgan fingerprint density at radius 3 is 2.60 bits per heavy atom. The van der Waals surface area contributed by atoms with E-state index in [1.807, 2.05) is 20.2 Å². The van der Waals surface area contributed by atoms with E-state index in [9.17, 15) is 8.42 Å². The van der Waals surface area contributed by atoms with E-state index in [0.717, 1.165) is 25.1 Å². The second-order valence-corrected chi connectivity index (χ2v) is 8.41. The molecule has 1 atom stereocenters. The van der Waals surface area contributed by atoms with Crippen molar-refractivity contribution in [2.24, 2.45) is 0 Å². The predicted molar refractivity (Wildman–Crippen MR) is 97.7 cm³/mol. The molecule has 1 heterocycles. The number of benzene rings is 2. The first-order valence-corrected chi connectivity index (χ1v) is 9.92. The highest BCUT2D eigenvalue weighted by Crippen LogP contribution is 2.35. The van der Waals surface area contributed by atoms with Gasteiger partial charge in [0.05, 0.1) is 16.4 Å². The van der Waals surface area contributed by atoms with Gasteiger partial charge in [0.25, 0.3) is 0 Å². The maximum absolute atomic E-state index is 12.8. The lowest BCUT2D eigenvalue weighted by molar-refractivity contribution is 0.249. The lowest BCUT2D eigenvalue weighted by atomic mass is 10.0. The molecule has 0 fully saturated rings. The Morgan fingerprint density at radius 1 is 1.12 bits per heavy atom. The highest BCUT2D eigenvalue weighted by atomic mass is 32.2. The third-order valence-electron chi connectivity index (χ3n) is 4.34. The number of nitrogens with one attached hydrogen (secondary N) is 1. The van der Waals surface area contributed by atoms with Crippen LogP contribution in [-0.2, 0) is 9.84 Å². The third-order valence-corrected chi connectivity index (χ3v) is 6.11. The van der Waals surface area contributed by atoms with Crippen LogP contribution >= 0.6 is 0 Å². The van der Waals surface area contributed by atoms with Gasteiger partial charge in [0.1, 0.15) is 5.75 Å². The molecule has 0 spiro atoms. The summed E-state index contributed by atoms with van der Waals surface area (Å²) >= 11 is 0. The van der Waals surface area contributed by atoms with Gasteiger partial charge < -0.3 is 15.0 Å². The van der Waals surface area contributed by atoms with Crippen molar-refractivity contribution in [3.63, 3.8) is 0 Å². The Morgan fingerprint density at radius 2 is 1.88 bits per heavy atom. The van der Waals surface area contributed by atoms with Crippen LogP contribution in [-0.4, -0.2) is 47.1 Å². The Kier molecular flexibility index (Phi) is 5.42. The van der Waals surface area contributed by atoms with Gasteiger partial charge in [-0.15, -0.1) is 0 Å². The maximum Gasteiger partial charge on any atom is 0.206 e. The Labute approximate surface area is 149 Å². The lowest BCUT2D eigenvalue weighted by Gasteiger charge is -2.27. The molecule has 0 bridgehead atoms. The maximum atomic E-state index is 12.8. The summed E-state index contributed by atoms with van der Waals surface area (Å²) < 4.78 is 31.3. The Bertz CT molecular complexity index is 820. The first kappa shape index (κ1) is 17.9. The number of sulfone groups is 1. The quantitative estimate of drug-likeness (QED) is 0.858. The van der Waals surface area contributed by atoms with Crippen molar-refractivity contribution in [2.75, 3.05) is 33.8 Å². The fraction of sp³-hybridized carbons (Fsp3) is 0.368. The minimum atomic E-state index is -3.53. The molecule has 0 saturated heterocycles. The molecule has 0 aromatic heterocycles. The monoisotopic (exact) mass is 360 g/mol. The van der Waals surface area contributed by atoms with Crippen molar-refractivity contribution < 1.29 is 13.2 Å². The molecule has 2 aromatic rings.